The van der Waals surface area contributed by atoms with Gasteiger partial charge in [-0.2, -0.15) is 5.26 Å². The molecule has 4 bridgehead atoms. The highest BCUT2D eigenvalue weighted by atomic mass is 16.1. The van der Waals surface area contributed by atoms with Gasteiger partial charge in [0.25, 0.3) is 5.91 Å². The van der Waals surface area contributed by atoms with Crippen LogP contribution < -0.4 is 5.32 Å². The topological polar surface area (TPSA) is 52.9 Å². The van der Waals surface area contributed by atoms with Gasteiger partial charge >= 0.3 is 0 Å². The van der Waals surface area contributed by atoms with E-state index in [0.29, 0.717) is 0 Å². The summed E-state index contributed by atoms with van der Waals surface area (Å²) in [6.45, 7) is 2.16. The molecule has 3 nitrogen and oxygen atoms in total. The normalized spacial score (nSPS) is 34.4. The number of nitrogens with one attached hydrogen (secondary N) is 1. The maximum atomic E-state index is 12.7. The quantitative estimate of drug-likeness (QED) is 0.659. The average molecular weight is 334 g/mol. The molecule has 1 unspecified atom stereocenters. The molecule has 1 atom stereocenters. The van der Waals surface area contributed by atoms with Gasteiger partial charge in [0.05, 0.1) is 0 Å². The first-order valence-electron chi connectivity index (χ1n) is 9.56. The van der Waals surface area contributed by atoms with Crippen molar-refractivity contribution < 1.29 is 4.79 Å². The van der Waals surface area contributed by atoms with Gasteiger partial charge in [-0.05, 0) is 80.3 Å². The summed E-state index contributed by atoms with van der Waals surface area (Å²) in [6.07, 6.45) is 9.65. The Kier molecular flexibility index (Phi) is 4.15. The third-order valence-corrected chi connectivity index (χ3v) is 6.83. The Morgan fingerprint density at radius 3 is 2.24 bits per heavy atom. The van der Waals surface area contributed by atoms with Gasteiger partial charge in [0.2, 0.25) is 0 Å². The van der Waals surface area contributed by atoms with Crippen molar-refractivity contribution >= 4 is 12.0 Å². The summed E-state index contributed by atoms with van der Waals surface area (Å²) in [5.74, 6) is 2.36. The number of rotatable bonds is 4. The molecule has 1 aromatic carbocycles. The lowest BCUT2D eigenvalue weighted by atomic mass is 9.48. The lowest BCUT2D eigenvalue weighted by Crippen LogP contribution is -2.55. The van der Waals surface area contributed by atoms with Crippen molar-refractivity contribution in [2.24, 2.45) is 23.2 Å². The van der Waals surface area contributed by atoms with Gasteiger partial charge in [-0.1, -0.05) is 30.3 Å². The highest BCUT2D eigenvalue weighted by molar-refractivity contribution is 6.01. The van der Waals surface area contributed by atoms with Crippen molar-refractivity contribution in [3.63, 3.8) is 0 Å². The van der Waals surface area contributed by atoms with E-state index < -0.39 is 0 Å². The van der Waals surface area contributed by atoms with Crippen molar-refractivity contribution in [2.75, 3.05) is 0 Å². The summed E-state index contributed by atoms with van der Waals surface area (Å²) in [5.41, 5.74) is 1.34. The number of nitriles is 1. The molecule has 130 valence electrons. The molecule has 25 heavy (non-hydrogen) atoms. The number of hydrogen-bond donors (Lipinski definition) is 1. The molecule has 0 saturated heterocycles. The lowest BCUT2D eigenvalue weighted by Gasteiger charge is -2.59. The van der Waals surface area contributed by atoms with Gasteiger partial charge in [0.15, 0.2) is 0 Å². The SMILES string of the molecule is CC(NC(=O)C(C#N)=Cc1ccccc1)C12CC3CC(CC(C3)C1)C2. The Labute approximate surface area is 150 Å². The van der Waals surface area contributed by atoms with Crippen LogP contribution >= 0.6 is 0 Å². The molecule has 4 fully saturated rings. The third kappa shape index (κ3) is 3.11. The minimum Gasteiger partial charge on any atom is -0.348 e. The number of nitrogens with zero attached hydrogens (tertiary/aromatic N) is 1. The summed E-state index contributed by atoms with van der Waals surface area (Å²) in [5, 5.41) is 12.6. The molecule has 0 aliphatic heterocycles. The molecule has 3 heteroatoms. The van der Waals surface area contributed by atoms with Crippen molar-refractivity contribution in [1.82, 2.24) is 5.32 Å². The van der Waals surface area contributed by atoms with E-state index in [-0.39, 0.29) is 22.9 Å². The monoisotopic (exact) mass is 334 g/mol. The summed E-state index contributed by atoms with van der Waals surface area (Å²) in [7, 11) is 0. The molecular weight excluding hydrogens is 308 g/mol. The summed E-state index contributed by atoms with van der Waals surface area (Å²) in [6, 6.07) is 11.8. The molecule has 4 aliphatic carbocycles. The first kappa shape index (κ1) is 16.4. The molecular formula is C22H26N2O. The van der Waals surface area contributed by atoms with Gasteiger partial charge in [-0.25, -0.2) is 0 Å². The van der Waals surface area contributed by atoms with E-state index in [1.807, 2.05) is 30.3 Å². The van der Waals surface area contributed by atoms with Crippen LogP contribution in [0.15, 0.2) is 35.9 Å². The Morgan fingerprint density at radius 1 is 1.16 bits per heavy atom. The van der Waals surface area contributed by atoms with E-state index in [2.05, 4.69) is 18.3 Å². The van der Waals surface area contributed by atoms with E-state index in [1.165, 1.54) is 38.5 Å². The largest absolute Gasteiger partial charge is 0.348 e. The number of hydrogen-bond acceptors (Lipinski definition) is 2. The fraction of sp³-hybridized carbons (Fsp3) is 0.545. The van der Waals surface area contributed by atoms with Gasteiger partial charge < -0.3 is 5.32 Å². The molecule has 4 saturated carbocycles. The average Bonchev–Trinajstić information content (AvgIpc) is 2.59. The van der Waals surface area contributed by atoms with Crippen LogP contribution in [0.4, 0.5) is 0 Å². The minimum absolute atomic E-state index is 0.140. The molecule has 0 heterocycles. The van der Waals surface area contributed by atoms with Gasteiger partial charge in [0.1, 0.15) is 11.6 Å². The Morgan fingerprint density at radius 2 is 1.72 bits per heavy atom. The van der Waals surface area contributed by atoms with Crippen LogP contribution in [0.5, 0.6) is 0 Å². The van der Waals surface area contributed by atoms with E-state index in [4.69, 9.17) is 0 Å². The first-order valence-corrected chi connectivity index (χ1v) is 9.56. The van der Waals surface area contributed by atoms with E-state index in [9.17, 15) is 10.1 Å². The van der Waals surface area contributed by atoms with Crippen LogP contribution in [-0.4, -0.2) is 11.9 Å². The van der Waals surface area contributed by atoms with Crippen molar-refractivity contribution in [1.29, 1.82) is 5.26 Å². The maximum absolute atomic E-state index is 12.7. The minimum atomic E-state index is -0.227. The van der Waals surface area contributed by atoms with E-state index in [1.54, 1.807) is 6.08 Å². The van der Waals surface area contributed by atoms with Crippen LogP contribution in [0.1, 0.15) is 51.0 Å². The fourth-order valence-electron chi connectivity index (χ4n) is 6.00. The second-order valence-electron chi connectivity index (χ2n) is 8.56. The van der Waals surface area contributed by atoms with Gasteiger partial charge in [-0.15, -0.1) is 0 Å². The zero-order valence-corrected chi connectivity index (χ0v) is 14.9. The van der Waals surface area contributed by atoms with Crippen LogP contribution in [-0.2, 0) is 4.79 Å². The Hall–Kier alpha value is -2.08. The van der Waals surface area contributed by atoms with Gasteiger partial charge in [-0.3, -0.25) is 4.79 Å². The lowest BCUT2D eigenvalue weighted by molar-refractivity contribution is -0.121. The highest BCUT2D eigenvalue weighted by Gasteiger charge is 2.53. The van der Waals surface area contributed by atoms with Crippen LogP contribution in [0.25, 0.3) is 6.08 Å². The molecule has 1 aromatic rings. The third-order valence-electron chi connectivity index (χ3n) is 6.83. The predicted octanol–water partition coefficient (Wildman–Crippen LogP) is 4.31. The second kappa shape index (κ2) is 6.33. The van der Waals surface area contributed by atoms with E-state index >= 15 is 0 Å². The zero-order chi connectivity index (χ0) is 17.4. The molecule has 0 radical (unpaired) electrons. The maximum Gasteiger partial charge on any atom is 0.262 e. The summed E-state index contributed by atoms with van der Waals surface area (Å²) in [4.78, 5) is 12.7. The summed E-state index contributed by atoms with van der Waals surface area (Å²) < 4.78 is 0. The number of carbonyl (C=O) groups excluding carboxylic acids is 1. The van der Waals surface area contributed by atoms with Crippen molar-refractivity contribution in [3.8, 4) is 6.07 Å². The van der Waals surface area contributed by atoms with Crippen LogP contribution in [0, 0.1) is 34.5 Å². The standard InChI is InChI=1S/C22H26N2O/c1-15(22-11-17-7-18(12-22)9-19(8-17)13-22)24-21(25)20(14-23)10-16-5-3-2-4-6-16/h2-6,10,15,17-19H,7-9,11-13H2,1H3,(H,24,25). The van der Waals surface area contributed by atoms with Crippen molar-refractivity contribution in [2.45, 2.75) is 51.5 Å². The van der Waals surface area contributed by atoms with Crippen molar-refractivity contribution in [3.05, 3.63) is 41.5 Å². The second-order valence-corrected chi connectivity index (χ2v) is 8.56. The molecule has 5 rings (SSSR count). The van der Waals surface area contributed by atoms with Crippen LogP contribution in [0.3, 0.4) is 0 Å². The fourth-order valence-corrected chi connectivity index (χ4v) is 6.00. The van der Waals surface area contributed by atoms with Gasteiger partial charge in [0, 0.05) is 6.04 Å². The number of amides is 1. The molecule has 1 amide bonds. The highest BCUT2D eigenvalue weighted by Crippen LogP contribution is 2.61. The Balaban J connectivity index is 1.49. The first-order chi connectivity index (χ1) is 12.1. The molecule has 1 N–H and O–H groups in total. The molecule has 0 spiro atoms. The Bertz CT molecular complexity index is 693. The number of benzene rings is 1. The smallest absolute Gasteiger partial charge is 0.262 e. The zero-order valence-electron chi connectivity index (χ0n) is 14.9. The molecule has 4 aliphatic rings. The van der Waals surface area contributed by atoms with Crippen LogP contribution in [0.2, 0.25) is 0 Å². The summed E-state index contributed by atoms with van der Waals surface area (Å²) >= 11 is 0. The number of carbonyl (C=O) groups is 1. The predicted molar refractivity (Wildman–Crippen MR) is 98.2 cm³/mol. The molecule has 0 aromatic heterocycles. The van der Waals surface area contributed by atoms with E-state index in [0.717, 1.165) is 23.3 Å².